The van der Waals surface area contributed by atoms with Crippen molar-refractivity contribution in [2.75, 3.05) is 13.7 Å². The molecule has 0 aliphatic heterocycles. The summed E-state index contributed by atoms with van der Waals surface area (Å²) < 4.78 is 6.03. The summed E-state index contributed by atoms with van der Waals surface area (Å²) in [4.78, 5) is 0. The van der Waals surface area contributed by atoms with E-state index in [0.717, 1.165) is 12.5 Å². The van der Waals surface area contributed by atoms with Gasteiger partial charge in [0, 0.05) is 18.1 Å². The van der Waals surface area contributed by atoms with E-state index in [-0.39, 0.29) is 0 Å². The van der Waals surface area contributed by atoms with Crippen LogP contribution in [0.25, 0.3) is 0 Å². The van der Waals surface area contributed by atoms with Gasteiger partial charge in [-0.2, -0.15) is 0 Å². The predicted molar refractivity (Wildman–Crippen MR) is 69.7 cm³/mol. The van der Waals surface area contributed by atoms with Gasteiger partial charge in [0.15, 0.2) is 0 Å². The van der Waals surface area contributed by atoms with E-state index in [1.165, 1.54) is 25.7 Å². The molecule has 1 aliphatic rings. The molecule has 0 bridgehead atoms. The molecule has 3 unspecified atom stereocenters. The molecule has 0 saturated heterocycles. The highest BCUT2D eigenvalue weighted by Crippen LogP contribution is 2.45. The second-order valence-electron chi connectivity index (χ2n) is 5.83. The summed E-state index contributed by atoms with van der Waals surface area (Å²) >= 11 is 0. The Labute approximate surface area is 101 Å². The van der Waals surface area contributed by atoms with Crippen LogP contribution in [0.5, 0.6) is 0 Å². The van der Waals surface area contributed by atoms with Crippen molar-refractivity contribution >= 4 is 0 Å². The van der Waals surface area contributed by atoms with Crippen molar-refractivity contribution in [1.29, 1.82) is 0 Å². The first kappa shape index (κ1) is 14.0. The van der Waals surface area contributed by atoms with Gasteiger partial charge >= 0.3 is 0 Å². The third-order valence-corrected chi connectivity index (χ3v) is 4.34. The lowest BCUT2D eigenvalue weighted by Crippen LogP contribution is -2.61. The fourth-order valence-corrected chi connectivity index (χ4v) is 2.71. The number of hydrogen-bond donors (Lipinski definition) is 1. The standard InChI is InChI=1S/C14H29NO/c1-6-14(4)12(15-5)10-13(14)16-9-7-8-11(2)3/h11-13,15H,6-10H2,1-5H3. The maximum atomic E-state index is 6.03. The molecular weight excluding hydrogens is 198 g/mol. The molecule has 0 aromatic carbocycles. The largest absolute Gasteiger partial charge is 0.378 e. The molecule has 16 heavy (non-hydrogen) atoms. The van der Waals surface area contributed by atoms with Gasteiger partial charge in [-0.15, -0.1) is 0 Å². The molecule has 1 fully saturated rings. The van der Waals surface area contributed by atoms with Crippen LogP contribution in [0.15, 0.2) is 0 Å². The lowest BCUT2D eigenvalue weighted by Gasteiger charge is -2.53. The third kappa shape index (κ3) is 2.98. The maximum Gasteiger partial charge on any atom is 0.0658 e. The monoisotopic (exact) mass is 227 g/mol. The molecule has 0 radical (unpaired) electrons. The first-order valence-electron chi connectivity index (χ1n) is 6.83. The van der Waals surface area contributed by atoms with Crippen LogP contribution >= 0.6 is 0 Å². The summed E-state index contributed by atoms with van der Waals surface area (Å²) in [6, 6.07) is 0.646. The molecule has 0 heterocycles. The van der Waals surface area contributed by atoms with Crippen LogP contribution in [0.2, 0.25) is 0 Å². The molecule has 0 aromatic heterocycles. The second kappa shape index (κ2) is 6.02. The Balaban J connectivity index is 2.23. The minimum Gasteiger partial charge on any atom is -0.378 e. The number of rotatable bonds is 7. The smallest absolute Gasteiger partial charge is 0.0658 e. The van der Waals surface area contributed by atoms with Crippen LogP contribution in [0.4, 0.5) is 0 Å². The molecule has 0 amide bonds. The third-order valence-electron chi connectivity index (χ3n) is 4.34. The molecule has 2 heteroatoms. The van der Waals surface area contributed by atoms with E-state index < -0.39 is 0 Å². The number of hydrogen-bond acceptors (Lipinski definition) is 2. The van der Waals surface area contributed by atoms with Crippen molar-refractivity contribution in [3.05, 3.63) is 0 Å². The van der Waals surface area contributed by atoms with Gasteiger partial charge in [0.05, 0.1) is 6.10 Å². The molecule has 1 N–H and O–H groups in total. The van der Waals surface area contributed by atoms with E-state index in [2.05, 4.69) is 40.1 Å². The van der Waals surface area contributed by atoms with Gasteiger partial charge in [-0.25, -0.2) is 0 Å². The van der Waals surface area contributed by atoms with Crippen LogP contribution in [0, 0.1) is 11.3 Å². The molecule has 96 valence electrons. The summed E-state index contributed by atoms with van der Waals surface area (Å²) in [5.41, 5.74) is 0.354. The zero-order valence-corrected chi connectivity index (χ0v) is 11.7. The lowest BCUT2D eigenvalue weighted by atomic mass is 9.61. The van der Waals surface area contributed by atoms with Crippen molar-refractivity contribution in [3.63, 3.8) is 0 Å². The molecular formula is C14H29NO. The predicted octanol–water partition coefficient (Wildman–Crippen LogP) is 3.22. The average molecular weight is 227 g/mol. The van der Waals surface area contributed by atoms with Crippen molar-refractivity contribution in [3.8, 4) is 0 Å². The van der Waals surface area contributed by atoms with Gasteiger partial charge < -0.3 is 10.1 Å². The summed E-state index contributed by atoms with van der Waals surface area (Å²) in [5, 5.41) is 3.40. The highest BCUT2D eigenvalue weighted by Gasteiger charge is 2.50. The van der Waals surface area contributed by atoms with E-state index in [4.69, 9.17) is 4.74 Å². The zero-order chi connectivity index (χ0) is 12.2. The normalized spacial score (nSPS) is 34.1. The molecule has 3 atom stereocenters. The van der Waals surface area contributed by atoms with Gasteiger partial charge in [-0.1, -0.05) is 27.7 Å². The second-order valence-corrected chi connectivity index (χ2v) is 5.83. The summed E-state index contributed by atoms with van der Waals surface area (Å²) in [6.45, 7) is 10.1. The van der Waals surface area contributed by atoms with Gasteiger partial charge in [0.1, 0.15) is 0 Å². The van der Waals surface area contributed by atoms with Gasteiger partial charge in [0.2, 0.25) is 0 Å². The number of nitrogens with one attached hydrogen (secondary N) is 1. The van der Waals surface area contributed by atoms with Gasteiger partial charge in [-0.05, 0) is 38.6 Å². The first-order valence-corrected chi connectivity index (χ1v) is 6.83. The summed E-state index contributed by atoms with van der Waals surface area (Å²) in [6.07, 6.45) is 5.35. The Morgan fingerprint density at radius 1 is 1.44 bits per heavy atom. The van der Waals surface area contributed by atoms with E-state index in [1.807, 2.05) is 0 Å². The average Bonchev–Trinajstić information content (AvgIpc) is 2.25. The molecule has 1 saturated carbocycles. The van der Waals surface area contributed by atoms with Crippen molar-refractivity contribution in [1.82, 2.24) is 5.32 Å². The first-order chi connectivity index (χ1) is 7.54. The van der Waals surface area contributed by atoms with E-state index in [9.17, 15) is 0 Å². The van der Waals surface area contributed by atoms with Crippen LogP contribution < -0.4 is 5.32 Å². The highest BCUT2D eigenvalue weighted by atomic mass is 16.5. The molecule has 1 rings (SSSR count). The molecule has 2 nitrogen and oxygen atoms in total. The fraction of sp³-hybridized carbons (Fsp3) is 1.00. The van der Waals surface area contributed by atoms with Crippen molar-refractivity contribution < 1.29 is 4.74 Å². The topological polar surface area (TPSA) is 21.3 Å². The minimum absolute atomic E-state index is 0.354. The zero-order valence-electron chi connectivity index (χ0n) is 11.7. The van der Waals surface area contributed by atoms with Crippen molar-refractivity contribution in [2.45, 2.75) is 65.5 Å². The van der Waals surface area contributed by atoms with Crippen molar-refractivity contribution in [2.24, 2.45) is 11.3 Å². The lowest BCUT2D eigenvalue weighted by molar-refractivity contribution is -0.128. The van der Waals surface area contributed by atoms with Crippen LogP contribution in [-0.4, -0.2) is 25.8 Å². The maximum absolute atomic E-state index is 6.03. The van der Waals surface area contributed by atoms with Gasteiger partial charge in [0.25, 0.3) is 0 Å². The Hall–Kier alpha value is -0.0800. The van der Waals surface area contributed by atoms with Gasteiger partial charge in [-0.3, -0.25) is 0 Å². The molecule has 1 aliphatic carbocycles. The highest BCUT2D eigenvalue weighted by molar-refractivity contribution is 5.04. The molecule has 0 aromatic rings. The number of ether oxygens (including phenoxy) is 1. The Bertz CT molecular complexity index is 205. The van der Waals surface area contributed by atoms with Crippen LogP contribution in [0.1, 0.15) is 53.4 Å². The SMILES string of the molecule is CCC1(C)C(NC)CC1OCCCC(C)C. The van der Waals surface area contributed by atoms with Crippen LogP contribution in [0.3, 0.4) is 0 Å². The van der Waals surface area contributed by atoms with E-state index >= 15 is 0 Å². The minimum atomic E-state index is 0.354. The Kier molecular flexibility index (Phi) is 5.26. The molecule has 0 spiro atoms. The fourth-order valence-electron chi connectivity index (χ4n) is 2.71. The Morgan fingerprint density at radius 3 is 2.62 bits per heavy atom. The summed E-state index contributed by atoms with van der Waals surface area (Å²) in [7, 11) is 2.06. The van der Waals surface area contributed by atoms with Crippen LogP contribution in [-0.2, 0) is 4.74 Å². The Morgan fingerprint density at radius 2 is 2.12 bits per heavy atom. The quantitative estimate of drug-likeness (QED) is 0.674. The summed E-state index contributed by atoms with van der Waals surface area (Å²) in [5.74, 6) is 0.799. The van der Waals surface area contributed by atoms with E-state index in [0.29, 0.717) is 17.6 Å². The van der Waals surface area contributed by atoms with E-state index in [1.54, 1.807) is 0 Å².